The Hall–Kier alpha value is -2.15. The Morgan fingerprint density at radius 3 is 2.85 bits per heavy atom. The minimum Gasteiger partial charge on any atom is -0.356 e. The molecule has 1 atom stereocenters. The molecule has 0 radical (unpaired) electrons. The molecular weight excluding hydrogens is 340 g/mol. The van der Waals surface area contributed by atoms with Crippen LogP contribution < -0.4 is 16.0 Å². The lowest BCUT2D eigenvalue weighted by Crippen LogP contribution is -2.46. The molecule has 1 amide bonds. The first kappa shape index (κ1) is 21.2. The van der Waals surface area contributed by atoms with E-state index < -0.39 is 0 Å². The molecule has 1 aliphatic heterocycles. The number of aliphatic imine (C=N–C) groups is 1. The lowest BCUT2D eigenvalue weighted by Gasteiger charge is -2.35. The van der Waals surface area contributed by atoms with Crippen LogP contribution in [0.4, 0.5) is 5.82 Å². The van der Waals surface area contributed by atoms with Crippen LogP contribution in [0.2, 0.25) is 0 Å². The van der Waals surface area contributed by atoms with Crippen molar-refractivity contribution in [1.82, 2.24) is 20.5 Å². The Labute approximate surface area is 163 Å². The molecule has 1 saturated heterocycles. The molecule has 2 heterocycles. The molecule has 0 bridgehead atoms. The lowest BCUT2D eigenvalue weighted by molar-refractivity contribution is -0.116. The van der Waals surface area contributed by atoms with Crippen LogP contribution in [0.15, 0.2) is 23.2 Å². The summed E-state index contributed by atoms with van der Waals surface area (Å²) < 4.78 is 0. The Morgan fingerprint density at radius 1 is 1.30 bits per heavy atom. The SMILES string of the molecule is CCC1CCCCN1CCNC(=NC)NCCC(=O)Nc1cccc(C)n1. The first-order valence-electron chi connectivity index (χ1n) is 10.0. The molecule has 1 unspecified atom stereocenters. The Bertz CT molecular complexity index is 618. The van der Waals surface area contributed by atoms with Gasteiger partial charge in [-0.1, -0.05) is 19.4 Å². The highest BCUT2D eigenvalue weighted by molar-refractivity contribution is 5.90. The van der Waals surface area contributed by atoms with Gasteiger partial charge in [0.25, 0.3) is 0 Å². The van der Waals surface area contributed by atoms with E-state index in [1.54, 1.807) is 13.1 Å². The maximum Gasteiger partial charge on any atom is 0.227 e. The third-order valence-corrected chi connectivity index (χ3v) is 4.94. The summed E-state index contributed by atoms with van der Waals surface area (Å²) in [5.74, 6) is 1.27. The lowest BCUT2D eigenvalue weighted by atomic mass is 10.0. The van der Waals surface area contributed by atoms with Crippen LogP contribution in [-0.2, 0) is 4.79 Å². The van der Waals surface area contributed by atoms with Gasteiger partial charge in [0.1, 0.15) is 5.82 Å². The van der Waals surface area contributed by atoms with E-state index >= 15 is 0 Å². The normalized spacial score (nSPS) is 18.2. The minimum absolute atomic E-state index is 0.0600. The van der Waals surface area contributed by atoms with E-state index in [0.717, 1.165) is 30.8 Å². The van der Waals surface area contributed by atoms with E-state index in [9.17, 15) is 4.79 Å². The number of carbonyl (C=O) groups is 1. The number of rotatable bonds is 8. The van der Waals surface area contributed by atoms with E-state index in [4.69, 9.17) is 0 Å². The molecule has 7 nitrogen and oxygen atoms in total. The highest BCUT2D eigenvalue weighted by atomic mass is 16.1. The van der Waals surface area contributed by atoms with E-state index in [2.05, 4.69) is 37.8 Å². The summed E-state index contributed by atoms with van der Waals surface area (Å²) in [4.78, 5) is 23.1. The van der Waals surface area contributed by atoms with Crippen LogP contribution in [0.1, 0.15) is 44.7 Å². The van der Waals surface area contributed by atoms with Crippen molar-refractivity contribution < 1.29 is 4.79 Å². The molecular formula is C20H34N6O. The van der Waals surface area contributed by atoms with Gasteiger partial charge in [-0.2, -0.15) is 0 Å². The van der Waals surface area contributed by atoms with E-state index in [1.807, 2.05) is 19.1 Å². The molecule has 0 aromatic carbocycles. The van der Waals surface area contributed by atoms with Gasteiger partial charge in [-0.05, 0) is 44.9 Å². The van der Waals surface area contributed by atoms with Crippen LogP contribution in [-0.4, -0.2) is 61.0 Å². The molecule has 0 aliphatic carbocycles. The number of nitrogens with zero attached hydrogens (tertiary/aromatic N) is 3. The number of carbonyl (C=O) groups excluding carboxylic acids is 1. The van der Waals surface area contributed by atoms with Gasteiger partial charge in [0.15, 0.2) is 5.96 Å². The molecule has 1 aromatic rings. The van der Waals surface area contributed by atoms with Crippen molar-refractivity contribution in [3.05, 3.63) is 23.9 Å². The van der Waals surface area contributed by atoms with Crippen LogP contribution in [0.3, 0.4) is 0 Å². The molecule has 1 fully saturated rings. The second-order valence-electron chi connectivity index (χ2n) is 6.98. The van der Waals surface area contributed by atoms with Crippen molar-refractivity contribution in [3.63, 3.8) is 0 Å². The zero-order valence-electron chi connectivity index (χ0n) is 16.9. The molecule has 0 saturated carbocycles. The Morgan fingerprint density at radius 2 is 2.11 bits per heavy atom. The third kappa shape index (κ3) is 7.54. The van der Waals surface area contributed by atoms with Gasteiger partial charge >= 0.3 is 0 Å². The van der Waals surface area contributed by atoms with Gasteiger partial charge in [0.2, 0.25) is 5.91 Å². The molecule has 3 N–H and O–H groups in total. The van der Waals surface area contributed by atoms with Gasteiger partial charge in [-0.3, -0.25) is 14.7 Å². The average molecular weight is 375 g/mol. The second-order valence-corrected chi connectivity index (χ2v) is 6.98. The van der Waals surface area contributed by atoms with Gasteiger partial charge in [-0.25, -0.2) is 4.98 Å². The topological polar surface area (TPSA) is 81.6 Å². The highest BCUT2D eigenvalue weighted by Gasteiger charge is 2.19. The Kier molecular flexibility index (Phi) is 9.04. The predicted octanol–water partition coefficient (Wildman–Crippen LogP) is 2.15. The molecule has 7 heteroatoms. The molecule has 27 heavy (non-hydrogen) atoms. The fourth-order valence-corrected chi connectivity index (χ4v) is 3.47. The maximum atomic E-state index is 12.0. The molecule has 1 aromatic heterocycles. The number of hydrogen-bond acceptors (Lipinski definition) is 4. The minimum atomic E-state index is -0.0600. The van der Waals surface area contributed by atoms with E-state index in [1.165, 1.54) is 32.2 Å². The fourth-order valence-electron chi connectivity index (χ4n) is 3.47. The summed E-state index contributed by atoms with van der Waals surface area (Å²) in [5, 5.41) is 9.36. The van der Waals surface area contributed by atoms with Crippen molar-refractivity contribution in [3.8, 4) is 0 Å². The molecule has 2 rings (SSSR count). The zero-order chi connectivity index (χ0) is 19.5. The maximum absolute atomic E-state index is 12.0. The van der Waals surface area contributed by atoms with Crippen molar-refractivity contribution in [2.75, 3.05) is 38.5 Å². The summed E-state index contributed by atoms with van der Waals surface area (Å²) >= 11 is 0. The van der Waals surface area contributed by atoms with Crippen LogP contribution in [0, 0.1) is 6.92 Å². The van der Waals surface area contributed by atoms with Gasteiger partial charge in [0.05, 0.1) is 0 Å². The first-order chi connectivity index (χ1) is 13.1. The number of hydrogen-bond donors (Lipinski definition) is 3. The van der Waals surface area contributed by atoms with Crippen molar-refractivity contribution in [2.24, 2.45) is 4.99 Å². The van der Waals surface area contributed by atoms with E-state index in [0.29, 0.717) is 18.8 Å². The van der Waals surface area contributed by atoms with Crippen molar-refractivity contribution >= 4 is 17.7 Å². The molecule has 150 valence electrons. The number of aromatic nitrogens is 1. The number of amides is 1. The molecule has 0 spiro atoms. The van der Waals surface area contributed by atoms with Crippen molar-refractivity contribution in [1.29, 1.82) is 0 Å². The Balaban J connectivity index is 1.64. The van der Waals surface area contributed by atoms with Crippen LogP contribution in [0.25, 0.3) is 0 Å². The molecule has 1 aliphatic rings. The highest BCUT2D eigenvalue weighted by Crippen LogP contribution is 2.18. The summed E-state index contributed by atoms with van der Waals surface area (Å²) in [6, 6.07) is 6.30. The number of pyridine rings is 1. The van der Waals surface area contributed by atoms with Crippen molar-refractivity contribution in [2.45, 2.75) is 52.0 Å². The van der Waals surface area contributed by atoms with Crippen LogP contribution >= 0.6 is 0 Å². The average Bonchev–Trinajstić information content (AvgIpc) is 2.67. The summed E-state index contributed by atoms with van der Waals surface area (Å²) in [6.07, 6.45) is 5.55. The summed E-state index contributed by atoms with van der Waals surface area (Å²) in [5.41, 5.74) is 0.884. The van der Waals surface area contributed by atoms with E-state index in [-0.39, 0.29) is 5.91 Å². The summed E-state index contributed by atoms with van der Waals surface area (Å²) in [7, 11) is 1.75. The van der Waals surface area contributed by atoms with Crippen LogP contribution in [0.5, 0.6) is 0 Å². The smallest absolute Gasteiger partial charge is 0.227 e. The standard InChI is InChI=1S/C20H34N6O/c1-4-17-9-5-6-14-26(17)15-13-23-20(21-3)22-12-11-19(27)25-18-10-7-8-16(2)24-18/h7-8,10,17H,4-6,9,11-15H2,1-3H3,(H2,21,22,23)(H,24,25,27). The number of piperidine rings is 1. The third-order valence-electron chi connectivity index (χ3n) is 4.94. The number of likely N-dealkylation sites (tertiary alicyclic amines) is 1. The monoisotopic (exact) mass is 374 g/mol. The van der Waals surface area contributed by atoms with Gasteiger partial charge < -0.3 is 16.0 Å². The summed E-state index contributed by atoms with van der Waals surface area (Å²) in [6.45, 7) is 7.78. The predicted molar refractivity (Wildman–Crippen MR) is 111 cm³/mol. The second kappa shape index (κ2) is 11.5. The number of anilines is 1. The van der Waals surface area contributed by atoms with Gasteiger partial charge in [0, 0.05) is 44.8 Å². The number of aryl methyl sites for hydroxylation is 1. The zero-order valence-corrected chi connectivity index (χ0v) is 16.9. The fraction of sp³-hybridized carbons (Fsp3) is 0.650. The largest absolute Gasteiger partial charge is 0.356 e. The number of nitrogens with one attached hydrogen (secondary N) is 3. The first-order valence-corrected chi connectivity index (χ1v) is 10.0. The van der Waals surface area contributed by atoms with Gasteiger partial charge in [-0.15, -0.1) is 0 Å². The quantitative estimate of drug-likeness (QED) is 0.480. The number of guanidine groups is 1.